The quantitative estimate of drug-likeness (QED) is 0.778. The van der Waals surface area contributed by atoms with E-state index < -0.39 is 17.6 Å². The van der Waals surface area contributed by atoms with Crippen molar-refractivity contribution in [3.05, 3.63) is 35.1 Å². The van der Waals surface area contributed by atoms with Gasteiger partial charge in [-0.05, 0) is 30.5 Å². The Morgan fingerprint density at radius 2 is 1.89 bits per heavy atom. The number of benzene rings is 1. The molecule has 1 aromatic carbocycles. The van der Waals surface area contributed by atoms with Crippen molar-refractivity contribution in [3.63, 3.8) is 0 Å². The topological polar surface area (TPSA) is 23.3 Å². The van der Waals surface area contributed by atoms with E-state index in [-0.39, 0.29) is 12.7 Å². The summed E-state index contributed by atoms with van der Waals surface area (Å²) in [6.07, 6.45) is -3.08. The molecule has 1 aliphatic heterocycles. The van der Waals surface area contributed by atoms with Gasteiger partial charge in [-0.3, -0.25) is 0 Å². The number of nitrogens with zero attached hydrogens (tertiary/aromatic N) is 1. The molecule has 0 unspecified atom stereocenters. The van der Waals surface area contributed by atoms with Gasteiger partial charge in [-0.15, -0.1) is 0 Å². The van der Waals surface area contributed by atoms with Crippen LogP contribution in [0.3, 0.4) is 0 Å². The Labute approximate surface area is 108 Å². The van der Waals surface area contributed by atoms with Crippen LogP contribution in [0.1, 0.15) is 24.0 Å². The van der Waals surface area contributed by atoms with E-state index >= 15 is 0 Å². The zero-order valence-electron chi connectivity index (χ0n) is 10.2. The molecule has 0 saturated carbocycles. The molecule has 19 heavy (non-hydrogen) atoms. The summed E-state index contributed by atoms with van der Waals surface area (Å²) in [5, 5.41) is 4.16. The predicted octanol–water partition coefficient (Wildman–Crippen LogP) is 3.13. The van der Waals surface area contributed by atoms with Crippen molar-refractivity contribution in [3.8, 4) is 0 Å². The zero-order chi connectivity index (χ0) is 13.9. The van der Waals surface area contributed by atoms with Crippen LogP contribution in [0.2, 0.25) is 0 Å². The lowest BCUT2D eigenvalue weighted by Crippen LogP contribution is -2.28. The minimum absolute atomic E-state index is 0.0249. The van der Waals surface area contributed by atoms with E-state index in [0.717, 1.165) is 38.1 Å². The Bertz CT molecular complexity index is 427. The van der Waals surface area contributed by atoms with Gasteiger partial charge in [0.1, 0.15) is 5.82 Å². The SMILES string of the molecule is Fc1ccc(COC2CC[N]CC2)cc1C(F)(F)F. The molecule has 0 aromatic heterocycles. The van der Waals surface area contributed by atoms with Crippen LogP contribution >= 0.6 is 0 Å². The molecule has 1 fully saturated rings. The number of alkyl halides is 3. The van der Waals surface area contributed by atoms with Crippen molar-refractivity contribution >= 4 is 0 Å². The van der Waals surface area contributed by atoms with Crippen LogP contribution in [0.4, 0.5) is 17.6 Å². The number of rotatable bonds is 3. The lowest BCUT2D eigenvalue weighted by Gasteiger charge is -2.22. The fourth-order valence-corrected chi connectivity index (χ4v) is 1.99. The van der Waals surface area contributed by atoms with Gasteiger partial charge in [0.05, 0.1) is 18.3 Å². The minimum atomic E-state index is -4.68. The summed E-state index contributed by atoms with van der Waals surface area (Å²) in [5.74, 6) is -1.26. The molecule has 2 rings (SSSR count). The molecular weight excluding hydrogens is 262 g/mol. The van der Waals surface area contributed by atoms with E-state index in [1.807, 2.05) is 0 Å². The van der Waals surface area contributed by atoms with Crippen LogP contribution in [-0.2, 0) is 17.5 Å². The molecule has 1 heterocycles. The van der Waals surface area contributed by atoms with E-state index in [2.05, 4.69) is 5.32 Å². The first kappa shape index (κ1) is 14.3. The molecule has 0 aliphatic carbocycles. The predicted molar refractivity (Wildman–Crippen MR) is 61.1 cm³/mol. The summed E-state index contributed by atoms with van der Waals surface area (Å²) in [6.45, 7) is 1.51. The molecule has 2 nitrogen and oxygen atoms in total. The van der Waals surface area contributed by atoms with Gasteiger partial charge in [0.2, 0.25) is 0 Å². The fraction of sp³-hybridized carbons (Fsp3) is 0.538. The van der Waals surface area contributed by atoms with Crippen molar-refractivity contribution < 1.29 is 22.3 Å². The molecule has 1 aliphatic rings. The largest absolute Gasteiger partial charge is 0.419 e. The highest BCUT2D eigenvalue weighted by Gasteiger charge is 2.34. The summed E-state index contributed by atoms with van der Waals surface area (Å²) in [5.41, 5.74) is -0.913. The normalized spacial score (nSPS) is 17.7. The number of piperidine rings is 1. The van der Waals surface area contributed by atoms with Crippen molar-refractivity contribution in [2.45, 2.75) is 31.7 Å². The number of ether oxygens (including phenoxy) is 1. The molecule has 1 radical (unpaired) electrons. The van der Waals surface area contributed by atoms with Gasteiger partial charge in [0.15, 0.2) is 0 Å². The summed E-state index contributed by atoms with van der Waals surface area (Å²) in [4.78, 5) is 0. The van der Waals surface area contributed by atoms with E-state index in [1.165, 1.54) is 6.07 Å². The fourth-order valence-electron chi connectivity index (χ4n) is 1.99. The summed E-state index contributed by atoms with van der Waals surface area (Å²) in [7, 11) is 0. The molecule has 0 amide bonds. The van der Waals surface area contributed by atoms with Gasteiger partial charge >= 0.3 is 6.18 Å². The van der Waals surface area contributed by atoms with Gasteiger partial charge in [-0.2, -0.15) is 13.2 Å². The average molecular weight is 276 g/mol. The Balaban J connectivity index is 2.00. The summed E-state index contributed by atoms with van der Waals surface area (Å²) in [6, 6.07) is 2.96. The summed E-state index contributed by atoms with van der Waals surface area (Å²) >= 11 is 0. The molecule has 0 spiro atoms. The van der Waals surface area contributed by atoms with Crippen LogP contribution < -0.4 is 5.32 Å². The highest BCUT2D eigenvalue weighted by Crippen LogP contribution is 2.32. The molecule has 6 heteroatoms. The molecule has 105 valence electrons. The van der Waals surface area contributed by atoms with Crippen molar-refractivity contribution in [2.75, 3.05) is 13.1 Å². The monoisotopic (exact) mass is 276 g/mol. The number of halogens is 4. The maximum atomic E-state index is 13.1. The first-order valence-corrected chi connectivity index (χ1v) is 6.07. The standard InChI is InChI=1S/C13H14F4NO/c14-12-2-1-9(7-11(12)13(15,16)17)8-19-10-3-5-18-6-4-10/h1-2,7,10H,3-6,8H2. The first-order chi connectivity index (χ1) is 8.97. The second-order valence-electron chi connectivity index (χ2n) is 4.49. The highest BCUT2D eigenvalue weighted by atomic mass is 19.4. The van der Waals surface area contributed by atoms with Gasteiger partial charge in [-0.25, -0.2) is 9.71 Å². The van der Waals surface area contributed by atoms with E-state index in [0.29, 0.717) is 5.56 Å². The van der Waals surface area contributed by atoms with Gasteiger partial charge < -0.3 is 4.74 Å². The average Bonchev–Trinajstić information content (AvgIpc) is 2.37. The number of hydrogen-bond acceptors (Lipinski definition) is 1. The van der Waals surface area contributed by atoms with E-state index in [1.54, 1.807) is 0 Å². The lowest BCUT2D eigenvalue weighted by molar-refractivity contribution is -0.140. The third-order valence-electron chi connectivity index (χ3n) is 3.04. The Morgan fingerprint density at radius 3 is 2.53 bits per heavy atom. The second-order valence-corrected chi connectivity index (χ2v) is 4.49. The third-order valence-corrected chi connectivity index (χ3v) is 3.04. The maximum absolute atomic E-state index is 13.1. The summed E-state index contributed by atoms with van der Waals surface area (Å²) < 4.78 is 56.2. The smallest absolute Gasteiger partial charge is 0.373 e. The maximum Gasteiger partial charge on any atom is 0.419 e. The first-order valence-electron chi connectivity index (χ1n) is 6.07. The number of hydrogen-bond donors (Lipinski definition) is 0. The van der Waals surface area contributed by atoms with Crippen LogP contribution in [0.25, 0.3) is 0 Å². The Hall–Kier alpha value is -1.14. The molecule has 0 bridgehead atoms. The zero-order valence-corrected chi connectivity index (χ0v) is 10.2. The third kappa shape index (κ3) is 3.91. The van der Waals surface area contributed by atoms with E-state index in [4.69, 9.17) is 4.74 Å². The van der Waals surface area contributed by atoms with Crippen LogP contribution in [0, 0.1) is 5.82 Å². The van der Waals surface area contributed by atoms with Crippen molar-refractivity contribution in [1.29, 1.82) is 0 Å². The Morgan fingerprint density at radius 1 is 1.21 bits per heavy atom. The molecule has 1 aromatic rings. The van der Waals surface area contributed by atoms with Gasteiger partial charge in [-0.1, -0.05) is 6.07 Å². The van der Waals surface area contributed by atoms with Crippen LogP contribution in [-0.4, -0.2) is 19.2 Å². The van der Waals surface area contributed by atoms with Crippen molar-refractivity contribution in [1.82, 2.24) is 5.32 Å². The van der Waals surface area contributed by atoms with Gasteiger partial charge in [0.25, 0.3) is 0 Å². The Kier molecular flexibility index (Phi) is 4.42. The van der Waals surface area contributed by atoms with E-state index in [9.17, 15) is 17.6 Å². The second kappa shape index (κ2) is 5.88. The molecule has 0 N–H and O–H groups in total. The van der Waals surface area contributed by atoms with Crippen LogP contribution in [0.5, 0.6) is 0 Å². The molecule has 0 atom stereocenters. The highest BCUT2D eigenvalue weighted by molar-refractivity contribution is 5.26. The molecule has 1 saturated heterocycles. The molecular formula is C13H14F4NO. The van der Waals surface area contributed by atoms with Crippen LogP contribution in [0.15, 0.2) is 18.2 Å². The lowest BCUT2D eigenvalue weighted by atomic mass is 10.1. The van der Waals surface area contributed by atoms with Crippen molar-refractivity contribution in [2.24, 2.45) is 0 Å². The minimum Gasteiger partial charge on any atom is -0.373 e. The van der Waals surface area contributed by atoms with Gasteiger partial charge in [0, 0.05) is 13.1 Å².